The molecule has 2 aromatic carbocycles. The Balaban J connectivity index is 1.46. The third kappa shape index (κ3) is 3.88. The third-order valence-electron chi connectivity index (χ3n) is 5.72. The van der Waals surface area contributed by atoms with Gasteiger partial charge in [-0.2, -0.15) is 0 Å². The Morgan fingerprint density at radius 2 is 1.68 bits per heavy atom. The molecule has 3 fully saturated rings. The molecular weight excluding hydrogens is 308 g/mol. The van der Waals surface area contributed by atoms with Crippen LogP contribution in [-0.4, -0.2) is 42.6 Å². The molecule has 2 bridgehead atoms. The van der Waals surface area contributed by atoms with E-state index >= 15 is 0 Å². The zero-order valence-electron chi connectivity index (χ0n) is 15.1. The van der Waals surface area contributed by atoms with Crippen molar-refractivity contribution in [3.8, 4) is 5.75 Å². The van der Waals surface area contributed by atoms with Gasteiger partial charge in [0.15, 0.2) is 0 Å². The summed E-state index contributed by atoms with van der Waals surface area (Å²) in [5, 5.41) is 0. The first kappa shape index (κ1) is 16.6. The second-order valence-electron chi connectivity index (χ2n) is 7.52. The summed E-state index contributed by atoms with van der Waals surface area (Å²) >= 11 is 0. The molecule has 132 valence electrons. The summed E-state index contributed by atoms with van der Waals surface area (Å²) in [4.78, 5) is 5.36. The van der Waals surface area contributed by atoms with E-state index in [2.05, 4.69) is 64.4 Å². The molecule has 0 aliphatic carbocycles. The van der Waals surface area contributed by atoms with Crippen molar-refractivity contribution in [3.63, 3.8) is 0 Å². The lowest BCUT2D eigenvalue weighted by Crippen LogP contribution is -2.43. The number of nitrogens with zero attached hydrogens (tertiary/aromatic N) is 2. The number of methoxy groups -OCH3 is 1. The van der Waals surface area contributed by atoms with Crippen LogP contribution in [0.15, 0.2) is 54.6 Å². The highest BCUT2D eigenvalue weighted by atomic mass is 16.5. The minimum absolute atomic E-state index is 0.675. The maximum absolute atomic E-state index is 5.55. The minimum atomic E-state index is 0.675. The van der Waals surface area contributed by atoms with Gasteiger partial charge in [-0.15, -0.1) is 0 Å². The number of hydrogen-bond donors (Lipinski definition) is 0. The van der Waals surface area contributed by atoms with Crippen LogP contribution in [0, 0.1) is 5.92 Å². The van der Waals surface area contributed by atoms with E-state index in [4.69, 9.17) is 4.74 Å². The maximum atomic E-state index is 5.55. The van der Waals surface area contributed by atoms with Crippen LogP contribution in [0.3, 0.4) is 0 Å². The highest BCUT2D eigenvalue weighted by Crippen LogP contribution is 2.31. The Hall–Kier alpha value is -1.84. The Bertz CT molecular complexity index is 687. The molecule has 3 nitrogen and oxygen atoms in total. The summed E-state index contributed by atoms with van der Waals surface area (Å²) in [6.07, 6.45) is 2.71. The second-order valence-corrected chi connectivity index (χ2v) is 7.52. The van der Waals surface area contributed by atoms with Crippen molar-refractivity contribution in [2.75, 3.05) is 26.7 Å². The molecule has 3 aliphatic rings. The predicted molar refractivity (Wildman–Crippen MR) is 102 cm³/mol. The largest absolute Gasteiger partial charge is 0.496 e. The van der Waals surface area contributed by atoms with Crippen molar-refractivity contribution >= 4 is 0 Å². The molecule has 3 heterocycles. The van der Waals surface area contributed by atoms with E-state index in [-0.39, 0.29) is 0 Å². The summed E-state index contributed by atoms with van der Waals surface area (Å²) in [6, 6.07) is 20.0. The van der Waals surface area contributed by atoms with Crippen LogP contribution in [0.25, 0.3) is 0 Å². The van der Waals surface area contributed by atoms with Crippen LogP contribution in [0.1, 0.15) is 24.0 Å². The van der Waals surface area contributed by atoms with Crippen LogP contribution in [0.4, 0.5) is 0 Å². The molecule has 0 amide bonds. The van der Waals surface area contributed by atoms with E-state index < -0.39 is 0 Å². The first-order valence-corrected chi connectivity index (χ1v) is 9.44. The monoisotopic (exact) mass is 336 g/mol. The lowest BCUT2D eigenvalue weighted by Gasteiger charge is -2.36. The molecule has 0 spiro atoms. The van der Waals surface area contributed by atoms with Gasteiger partial charge in [0.05, 0.1) is 7.11 Å². The summed E-state index contributed by atoms with van der Waals surface area (Å²) < 4.78 is 5.55. The lowest BCUT2D eigenvalue weighted by atomic mass is 9.94. The van der Waals surface area contributed by atoms with Gasteiger partial charge >= 0.3 is 0 Å². The molecule has 3 aliphatic heterocycles. The van der Waals surface area contributed by atoms with E-state index in [0.717, 1.165) is 24.8 Å². The molecule has 3 heteroatoms. The topological polar surface area (TPSA) is 15.7 Å². The van der Waals surface area contributed by atoms with E-state index in [1.54, 1.807) is 7.11 Å². The van der Waals surface area contributed by atoms with Crippen LogP contribution < -0.4 is 4.74 Å². The van der Waals surface area contributed by atoms with E-state index in [1.165, 1.54) is 43.6 Å². The average molecular weight is 336 g/mol. The van der Waals surface area contributed by atoms with Crippen molar-refractivity contribution in [1.82, 2.24) is 9.80 Å². The number of piperidine rings is 1. The molecule has 0 unspecified atom stereocenters. The summed E-state index contributed by atoms with van der Waals surface area (Å²) in [5.74, 6) is 1.80. The van der Waals surface area contributed by atoms with Gasteiger partial charge in [0, 0.05) is 44.3 Å². The molecule has 2 aromatic rings. The zero-order chi connectivity index (χ0) is 17.1. The Morgan fingerprint density at radius 3 is 2.52 bits per heavy atom. The van der Waals surface area contributed by atoms with Gasteiger partial charge in [-0.1, -0.05) is 48.5 Å². The molecule has 25 heavy (non-hydrogen) atoms. The number of rotatable bonds is 5. The number of benzene rings is 2. The van der Waals surface area contributed by atoms with Gasteiger partial charge in [-0.25, -0.2) is 0 Å². The van der Waals surface area contributed by atoms with Crippen LogP contribution >= 0.6 is 0 Å². The predicted octanol–water partition coefficient (Wildman–Crippen LogP) is 3.79. The lowest BCUT2D eigenvalue weighted by molar-refractivity contribution is 0.123. The van der Waals surface area contributed by atoms with Gasteiger partial charge in [-0.3, -0.25) is 9.80 Å². The molecule has 0 saturated carbocycles. The van der Waals surface area contributed by atoms with E-state index in [1.807, 2.05) is 0 Å². The Kier molecular flexibility index (Phi) is 5.04. The van der Waals surface area contributed by atoms with E-state index in [0.29, 0.717) is 6.04 Å². The molecule has 0 radical (unpaired) electrons. The van der Waals surface area contributed by atoms with Crippen LogP contribution in [-0.2, 0) is 13.1 Å². The molecule has 2 atom stereocenters. The van der Waals surface area contributed by atoms with Crippen molar-refractivity contribution in [3.05, 3.63) is 65.7 Å². The molecule has 0 N–H and O–H groups in total. The van der Waals surface area contributed by atoms with Crippen molar-refractivity contribution in [2.45, 2.75) is 32.0 Å². The molecule has 5 rings (SSSR count). The summed E-state index contributed by atoms with van der Waals surface area (Å²) in [5.41, 5.74) is 2.74. The normalized spacial score (nSPS) is 24.2. The van der Waals surface area contributed by atoms with E-state index in [9.17, 15) is 0 Å². The van der Waals surface area contributed by atoms with Gasteiger partial charge in [0.2, 0.25) is 0 Å². The first-order valence-electron chi connectivity index (χ1n) is 9.44. The quantitative estimate of drug-likeness (QED) is 0.826. The summed E-state index contributed by atoms with van der Waals surface area (Å²) in [7, 11) is 1.77. The Labute approximate surface area is 151 Å². The third-order valence-corrected chi connectivity index (χ3v) is 5.72. The fraction of sp³-hybridized carbons (Fsp3) is 0.455. The fourth-order valence-corrected chi connectivity index (χ4v) is 4.49. The smallest absolute Gasteiger partial charge is 0.123 e. The number of fused-ring (bicyclic) bond motifs is 4. The average Bonchev–Trinajstić information content (AvgIpc) is 2.93. The first-order chi connectivity index (χ1) is 12.3. The minimum Gasteiger partial charge on any atom is -0.496 e. The molecule has 3 saturated heterocycles. The van der Waals surface area contributed by atoms with Gasteiger partial charge in [0.25, 0.3) is 0 Å². The fourth-order valence-electron chi connectivity index (χ4n) is 4.49. The van der Waals surface area contributed by atoms with Crippen molar-refractivity contribution in [1.29, 1.82) is 0 Å². The number of hydrogen-bond acceptors (Lipinski definition) is 3. The standard InChI is InChI=1S/C22H28N2O/c1-25-22-10-6-5-9-20(22)16-23-13-19-11-12-21(17-23)24(15-19)14-18-7-3-2-4-8-18/h2-10,19,21H,11-17H2,1H3/t19-,21+/m1/s1. The van der Waals surface area contributed by atoms with Crippen molar-refractivity contribution in [2.24, 2.45) is 5.92 Å². The highest BCUT2D eigenvalue weighted by Gasteiger charge is 2.34. The van der Waals surface area contributed by atoms with Crippen LogP contribution in [0.2, 0.25) is 0 Å². The SMILES string of the molecule is COc1ccccc1CN1C[C@H]2CC[C@@H](C1)N(Cc1ccccc1)C2. The Morgan fingerprint density at radius 1 is 0.880 bits per heavy atom. The number of para-hydroxylation sites is 1. The highest BCUT2D eigenvalue weighted by molar-refractivity contribution is 5.33. The molecular formula is C22H28N2O. The van der Waals surface area contributed by atoms with Gasteiger partial charge < -0.3 is 4.74 Å². The van der Waals surface area contributed by atoms with Gasteiger partial charge in [0.1, 0.15) is 5.75 Å². The second kappa shape index (κ2) is 7.59. The summed E-state index contributed by atoms with van der Waals surface area (Å²) in [6.45, 7) is 5.70. The van der Waals surface area contributed by atoms with Crippen molar-refractivity contribution < 1.29 is 4.74 Å². The van der Waals surface area contributed by atoms with Gasteiger partial charge in [-0.05, 0) is 30.4 Å². The maximum Gasteiger partial charge on any atom is 0.123 e. The van der Waals surface area contributed by atoms with Crippen LogP contribution in [0.5, 0.6) is 5.75 Å². The number of ether oxygens (including phenoxy) is 1. The molecule has 0 aromatic heterocycles. The zero-order valence-corrected chi connectivity index (χ0v) is 15.1.